The van der Waals surface area contributed by atoms with Crippen molar-refractivity contribution in [2.24, 2.45) is 0 Å². The number of hydrogen-bond donors (Lipinski definition) is 1. The number of likely N-dealkylation sites (N-methyl/N-ethyl adjacent to an activating group) is 1. The molecular weight excluding hydrogens is 346 g/mol. The summed E-state index contributed by atoms with van der Waals surface area (Å²) in [7, 11) is 6.71. The van der Waals surface area contributed by atoms with E-state index >= 15 is 0 Å². The summed E-state index contributed by atoms with van der Waals surface area (Å²) in [5.74, 6) is 1.05. The number of ketones is 1. The summed E-state index contributed by atoms with van der Waals surface area (Å²) in [6.07, 6.45) is 6.14. The lowest BCUT2D eigenvalue weighted by Gasteiger charge is -2.47. The molecule has 4 rings (SSSR count). The second-order valence-corrected chi connectivity index (χ2v) is 7.43. The second kappa shape index (κ2) is 6.30. The average Bonchev–Trinajstić information content (AvgIpc) is 2.76. The normalized spacial score (nSPS) is 27.0. The molecular formula is C21H25NO5. The Hall–Kier alpha value is -2.47. The number of ether oxygens (including phenoxy) is 3. The third-order valence-electron chi connectivity index (χ3n) is 6.25. The van der Waals surface area contributed by atoms with Crippen molar-refractivity contribution >= 4 is 5.78 Å². The number of carbonyl (C=O) groups excluding carboxylic acids is 1. The van der Waals surface area contributed by atoms with E-state index in [1.165, 1.54) is 14.2 Å². The van der Waals surface area contributed by atoms with Gasteiger partial charge in [0.05, 0.1) is 21.3 Å². The van der Waals surface area contributed by atoms with Crippen LogP contribution in [0.3, 0.4) is 0 Å². The number of carbonyl (C=O) groups is 1. The molecule has 1 saturated heterocycles. The monoisotopic (exact) mass is 371 g/mol. The molecule has 2 bridgehead atoms. The molecule has 1 fully saturated rings. The first-order valence-electron chi connectivity index (χ1n) is 9.17. The number of phenols is 1. The first-order valence-corrected chi connectivity index (χ1v) is 9.17. The van der Waals surface area contributed by atoms with Crippen LogP contribution in [0.1, 0.15) is 24.0 Å². The molecule has 0 amide bonds. The van der Waals surface area contributed by atoms with E-state index in [2.05, 4.69) is 11.9 Å². The smallest absolute Gasteiger partial charge is 0.220 e. The Kier molecular flexibility index (Phi) is 4.18. The number of allylic oxidation sites excluding steroid dienone is 2. The molecule has 1 heterocycles. The zero-order valence-corrected chi connectivity index (χ0v) is 16.2. The number of nitrogens with zero attached hydrogens (tertiary/aromatic N) is 1. The van der Waals surface area contributed by atoms with E-state index in [4.69, 9.17) is 14.2 Å². The fourth-order valence-electron chi connectivity index (χ4n) is 4.96. The van der Waals surface area contributed by atoms with Crippen molar-refractivity contribution in [1.29, 1.82) is 0 Å². The zero-order valence-electron chi connectivity index (χ0n) is 16.2. The molecule has 1 aliphatic heterocycles. The lowest BCUT2D eigenvalue weighted by molar-refractivity contribution is -0.114. The van der Waals surface area contributed by atoms with Crippen LogP contribution in [0.5, 0.6) is 17.2 Å². The van der Waals surface area contributed by atoms with Crippen molar-refractivity contribution in [3.05, 3.63) is 40.7 Å². The summed E-state index contributed by atoms with van der Waals surface area (Å²) < 4.78 is 16.4. The van der Waals surface area contributed by atoms with Crippen LogP contribution in [0.15, 0.2) is 29.6 Å². The Morgan fingerprint density at radius 1 is 1.22 bits per heavy atom. The van der Waals surface area contributed by atoms with E-state index in [1.807, 2.05) is 12.1 Å². The number of fused-ring (bicyclic) bond motifs is 1. The number of piperidine rings is 1. The van der Waals surface area contributed by atoms with E-state index in [0.29, 0.717) is 17.3 Å². The molecule has 1 aromatic rings. The van der Waals surface area contributed by atoms with Gasteiger partial charge in [0.25, 0.3) is 0 Å². The lowest BCUT2D eigenvalue weighted by Crippen LogP contribution is -2.49. The standard InChI is InChI=1S/C21H25NO5/c1-22-8-7-21-11-17(26-3)15(23)10-13(21)14(22)6-5-12-9-16(25-2)19(24)20(27-4)18(12)21/h9-11,14,24H,5-8H2,1-4H3. The van der Waals surface area contributed by atoms with Crippen molar-refractivity contribution in [2.45, 2.75) is 30.7 Å². The number of methoxy groups -OCH3 is 3. The van der Waals surface area contributed by atoms with Crippen LogP contribution in [-0.4, -0.2) is 56.8 Å². The van der Waals surface area contributed by atoms with Gasteiger partial charge in [-0.1, -0.05) is 0 Å². The molecule has 0 spiro atoms. The van der Waals surface area contributed by atoms with Crippen LogP contribution in [0.4, 0.5) is 0 Å². The van der Waals surface area contributed by atoms with Gasteiger partial charge in [-0.05, 0) is 62.2 Å². The third kappa shape index (κ3) is 2.39. The Bertz CT molecular complexity index is 872. The highest BCUT2D eigenvalue weighted by atomic mass is 16.5. The fraction of sp³-hybridized carbons (Fsp3) is 0.476. The topological polar surface area (TPSA) is 68.2 Å². The second-order valence-electron chi connectivity index (χ2n) is 7.43. The average molecular weight is 371 g/mol. The molecule has 2 aliphatic carbocycles. The number of rotatable bonds is 3. The Labute approximate surface area is 159 Å². The highest BCUT2D eigenvalue weighted by molar-refractivity contribution is 6.05. The molecule has 1 aromatic carbocycles. The van der Waals surface area contributed by atoms with Crippen molar-refractivity contribution in [2.75, 3.05) is 34.9 Å². The molecule has 6 nitrogen and oxygen atoms in total. The van der Waals surface area contributed by atoms with Gasteiger partial charge in [0, 0.05) is 17.0 Å². The Balaban J connectivity index is 2.07. The van der Waals surface area contributed by atoms with Crippen LogP contribution < -0.4 is 9.47 Å². The van der Waals surface area contributed by atoms with Gasteiger partial charge in [-0.25, -0.2) is 0 Å². The molecule has 0 radical (unpaired) electrons. The van der Waals surface area contributed by atoms with Gasteiger partial charge in [0.1, 0.15) is 0 Å². The van der Waals surface area contributed by atoms with Crippen molar-refractivity contribution in [3.8, 4) is 17.2 Å². The number of phenolic OH excluding ortho intramolecular Hbond substituents is 1. The van der Waals surface area contributed by atoms with E-state index < -0.39 is 5.41 Å². The highest BCUT2D eigenvalue weighted by Gasteiger charge is 2.50. The highest BCUT2D eigenvalue weighted by Crippen LogP contribution is 2.56. The number of aromatic hydroxyl groups is 1. The quantitative estimate of drug-likeness (QED) is 0.880. The summed E-state index contributed by atoms with van der Waals surface area (Å²) in [4.78, 5) is 14.9. The molecule has 27 heavy (non-hydrogen) atoms. The van der Waals surface area contributed by atoms with Gasteiger partial charge >= 0.3 is 0 Å². The minimum Gasteiger partial charge on any atom is -0.502 e. The predicted octanol–water partition coefficient (Wildman–Crippen LogP) is 2.34. The van der Waals surface area contributed by atoms with Crippen molar-refractivity contribution in [1.82, 2.24) is 4.90 Å². The lowest BCUT2D eigenvalue weighted by atomic mass is 9.64. The van der Waals surface area contributed by atoms with E-state index in [1.54, 1.807) is 13.2 Å². The SMILES string of the molecule is COC1=CC23CCN(C)C(CCc4cc(OC)c(O)c(OC)c42)C3=CC1=O. The maximum absolute atomic E-state index is 12.6. The molecule has 1 N–H and O–H groups in total. The van der Waals surface area contributed by atoms with Gasteiger partial charge in [0.2, 0.25) is 11.5 Å². The summed E-state index contributed by atoms with van der Waals surface area (Å²) in [6, 6.07) is 2.05. The van der Waals surface area contributed by atoms with E-state index in [0.717, 1.165) is 42.5 Å². The van der Waals surface area contributed by atoms with Gasteiger partial charge in [0.15, 0.2) is 17.3 Å². The minimum atomic E-state index is -0.530. The molecule has 6 heteroatoms. The van der Waals surface area contributed by atoms with Crippen LogP contribution in [0.2, 0.25) is 0 Å². The van der Waals surface area contributed by atoms with E-state index in [-0.39, 0.29) is 17.6 Å². The van der Waals surface area contributed by atoms with Gasteiger partial charge in [-0.2, -0.15) is 0 Å². The summed E-state index contributed by atoms with van der Waals surface area (Å²) >= 11 is 0. The van der Waals surface area contributed by atoms with Crippen molar-refractivity contribution < 1.29 is 24.1 Å². The molecule has 0 aromatic heterocycles. The third-order valence-corrected chi connectivity index (χ3v) is 6.25. The van der Waals surface area contributed by atoms with Crippen LogP contribution >= 0.6 is 0 Å². The summed E-state index contributed by atoms with van der Waals surface area (Å²) in [5, 5.41) is 10.7. The zero-order chi connectivity index (χ0) is 19.3. The molecule has 3 aliphatic rings. The number of hydrogen-bond acceptors (Lipinski definition) is 6. The fourth-order valence-corrected chi connectivity index (χ4v) is 4.96. The largest absolute Gasteiger partial charge is 0.502 e. The molecule has 2 unspecified atom stereocenters. The Morgan fingerprint density at radius 2 is 2.00 bits per heavy atom. The molecule has 144 valence electrons. The number of likely N-dealkylation sites (tertiary alicyclic amines) is 1. The summed E-state index contributed by atoms with van der Waals surface area (Å²) in [5.41, 5.74) is 2.53. The first kappa shape index (κ1) is 17.9. The molecule has 0 saturated carbocycles. The predicted molar refractivity (Wildman–Crippen MR) is 100 cm³/mol. The summed E-state index contributed by atoms with van der Waals surface area (Å²) in [6.45, 7) is 0.874. The maximum atomic E-state index is 12.6. The Morgan fingerprint density at radius 3 is 2.67 bits per heavy atom. The van der Waals surface area contributed by atoms with Crippen LogP contribution in [0.25, 0.3) is 0 Å². The minimum absolute atomic E-state index is 0.00544. The number of aryl methyl sites for hydroxylation is 1. The van der Waals surface area contributed by atoms with Crippen LogP contribution in [-0.2, 0) is 21.4 Å². The van der Waals surface area contributed by atoms with Gasteiger partial charge in [-0.3, -0.25) is 9.69 Å². The van der Waals surface area contributed by atoms with Crippen LogP contribution in [0, 0.1) is 0 Å². The maximum Gasteiger partial charge on any atom is 0.220 e. The molecule has 2 atom stereocenters. The first-order chi connectivity index (χ1) is 13.0. The van der Waals surface area contributed by atoms with Crippen molar-refractivity contribution in [3.63, 3.8) is 0 Å². The number of benzene rings is 1. The van der Waals surface area contributed by atoms with Gasteiger partial charge < -0.3 is 19.3 Å². The van der Waals surface area contributed by atoms with Gasteiger partial charge in [-0.15, -0.1) is 0 Å². The van der Waals surface area contributed by atoms with E-state index in [9.17, 15) is 9.90 Å².